The normalized spacial score (nSPS) is 21.1. The number of benzene rings is 2. The Morgan fingerprint density at radius 1 is 1.20 bits per heavy atom. The van der Waals surface area contributed by atoms with Gasteiger partial charge in [-0.05, 0) is 42.2 Å². The van der Waals surface area contributed by atoms with Crippen LogP contribution in [-0.2, 0) is 0 Å². The molecular weight excluding hydrogens is 334 g/mol. The van der Waals surface area contributed by atoms with E-state index in [-0.39, 0.29) is 12.1 Å². The molecule has 2 nitrogen and oxygen atoms in total. The van der Waals surface area contributed by atoms with E-state index < -0.39 is 0 Å². The number of hydrogen-bond donors (Lipinski definition) is 1. The van der Waals surface area contributed by atoms with E-state index in [9.17, 15) is 0 Å². The second-order valence-corrected chi connectivity index (χ2v) is 6.70. The van der Waals surface area contributed by atoms with Crippen LogP contribution in [-0.4, -0.2) is 6.26 Å². The van der Waals surface area contributed by atoms with E-state index in [2.05, 4.69) is 46.5 Å². The first-order chi connectivity index (χ1) is 9.67. The van der Waals surface area contributed by atoms with Crippen LogP contribution in [0, 0.1) is 0 Å². The summed E-state index contributed by atoms with van der Waals surface area (Å²) in [6, 6.07) is 14.6. The maximum atomic E-state index is 6.29. The van der Waals surface area contributed by atoms with E-state index >= 15 is 0 Å². The van der Waals surface area contributed by atoms with Crippen molar-refractivity contribution in [2.75, 3.05) is 6.26 Å². The van der Waals surface area contributed by atoms with Crippen LogP contribution >= 0.6 is 27.7 Å². The molecule has 104 valence electrons. The van der Waals surface area contributed by atoms with Gasteiger partial charge in [-0.3, -0.25) is 0 Å². The summed E-state index contributed by atoms with van der Waals surface area (Å²) in [7, 11) is 0. The molecule has 2 aromatic rings. The van der Waals surface area contributed by atoms with Crippen LogP contribution in [0.1, 0.15) is 29.7 Å². The van der Waals surface area contributed by atoms with Crippen LogP contribution in [0.5, 0.6) is 5.75 Å². The van der Waals surface area contributed by atoms with Crippen molar-refractivity contribution in [3.63, 3.8) is 0 Å². The van der Waals surface area contributed by atoms with Crippen molar-refractivity contribution in [2.24, 2.45) is 5.73 Å². The van der Waals surface area contributed by atoms with Crippen molar-refractivity contribution < 1.29 is 4.74 Å². The van der Waals surface area contributed by atoms with Gasteiger partial charge in [0.2, 0.25) is 0 Å². The van der Waals surface area contributed by atoms with Gasteiger partial charge in [-0.1, -0.05) is 28.1 Å². The maximum absolute atomic E-state index is 6.29. The van der Waals surface area contributed by atoms with Crippen LogP contribution in [0.3, 0.4) is 0 Å². The molecule has 0 saturated heterocycles. The molecule has 0 radical (unpaired) electrons. The molecule has 1 aliphatic heterocycles. The Bertz CT molecular complexity index is 614. The average molecular weight is 350 g/mol. The van der Waals surface area contributed by atoms with Gasteiger partial charge in [-0.15, -0.1) is 11.8 Å². The minimum atomic E-state index is 0.0153. The third-order valence-electron chi connectivity index (χ3n) is 3.60. The Hall–Kier alpha value is -0.970. The van der Waals surface area contributed by atoms with Crippen LogP contribution in [0.2, 0.25) is 0 Å². The van der Waals surface area contributed by atoms with Crippen LogP contribution in [0.15, 0.2) is 51.8 Å². The summed E-state index contributed by atoms with van der Waals surface area (Å²) < 4.78 is 7.15. The summed E-state index contributed by atoms with van der Waals surface area (Å²) in [4.78, 5) is 1.26. The molecule has 0 aliphatic carbocycles. The van der Waals surface area contributed by atoms with Crippen molar-refractivity contribution >= 4 is 27.7 Å². The average Bonchev–Trinajstić information content (AvgIpc) is 2.48. The number of ether oxygens (including phenoxy) is 1. The molecule has 0 fully saturated rings. The molecule has 20 heavy (non-hydrogen) atoms. The summed E-state index contributed by atoms with van der Waals surface area (Å²) in [5, 5.41) is 0. The SMILES string of the molecule is CSc1ccc(C2C[C@@H](N)c3cc(Br)ccc3O2)cc1. The molecule has 0 spiro atoms. The number of thioether (sulfide) groups is 1. The maximum Gasteiger partial charge on any atom is 0.126 e. The number of hydrogen-bond acceptors (Lipinski definition) is 3. The highest BCUT2D eigenvalue weighted by molar-refractivity contribution is 9.10. The third kappa shape index (κ3) is 2.73. The highest BCUT2D eigenvalue weighted by atomic mass is 79.9. The molecule has 4 heteroatoms. The second kappa shape index (κ2) is 5.80. The van der Waals surface area contributed by atoms with E-state index in [1.54, 1.807) is 11.8 Å². The van der Waals surface area contributed by atoms with Gasteiger partial charge in [0.05, 0.1) is 0 Å². The van der Waals surface area contributed by atoms with Gasteiger partial charge in [-0.25, -0.2) is 0 Å². The topological polar surface area (TPSA) is 35.2 Å². The minimum Gasteiger partial charge on any atom is -0.485 e. The molecule has 2 N–H and O–H groups in total. The van der Waals surface area contributed by atoms with E-state index in [4.69, 9.17) is 10.5 Å². The minimum absolute atomic E-state index is 0.0153. The van der Waals surface area contributed by atoms with Gasteiger partial charge in [-0.2, -0.15) is 0 Å². The van der Waals surface area contributed by atoms with Crippen molar-refractivity contribution in [1.29, 1.82) is 0 Å². The van der Waals surface area contributed by atoms with Gasteiger partial charge in [0.25, 0.3) is 0 Å². The molecule has 2 aromatic carbocycles. The van der Waals surface area contributed by atoms with Crippen LogP contribution < -0.4 is 10.5 Å². The van der Waals surface area contributed by atoms with E-state index in [0.717, 1.165) is 22.2 Å². The second-order valence-electron chi connectivity index (χ2n) is 4.90. The summed E-state index contributed by atoms with van der Waals surface area (Å²) in [6.07, 6.45) is 2.92. The quantitative estimate of drug-likeness (QED) is 0.798. The molecule has 1 heterocycles. The first kappa shape index (κ1) is 14.0. The lowest BCUT2D eigenvalue weighted by Gasteiger charge is -2.30. The summed E-state index contributed by atoms with van der Waals surface area (Å²) in [5.74, 6) is 0.894. The predicted molar refractivity (Wildman–Crippen MR) is 87.3 cm³/mol. The van der Waals surface area contributed by atoms with E-state index in [1.807, 2.05) is 18.2 Å². The first-order valence-electron chi connectivity index (χ1n) is 6.53. The Morgan fingerprint density at radius 2 is 1.95 bits per heavy atom. The number of nitrogens with two attached hydrogens (primary N) is 1. The van der Waals surface area contributed by atoms with Gasteiger partial charge in [0.15, 0.2) is 0 Å². The lowest BCUT2D eigenvalue weighted by Crippen LogP contribution is -2.24. The highest BCUT2D eigenvalue weighted by Gasteiger charge is 2.27. The fraction of sp³-hybridized carbons (Fsp3) is 0.250. The zero-order valence-corrected chi connectivity index (χ0v) is 13.6. The fourth-order valence-electron chi connectivity index (χ4n) is 2.50. The van der Waals surface area contributed by atoms with Crippen molar-refractivity contribution in [1.82, 2.24) is 0 Å². The van der Waals surface area contributed by atoms with Crippen LogP contribution in [0.4, 0.5) is 0 Å². The standard InChI is InChI=1S/C16H16BrNOS/c1-20-12-5-2-10(3-6-12)16-9-14(18)13-8-11(17)4-7-15(13)19-16/h2-8,14,16H,9,18H2,1H3/t14-,16?/m1/s1. The fourth-order valence-corrected chi connectivity index (χ4v) is 3.29. The zero-order valence-electron chi connectivity index (χ0n) is 11.2. The van der Waals surface area contributed by atoms with Gasteiger partial charge >= 0.3 is 0 Å². The Balaban J connectivity index is 1.88. The largest absolute Gasteiger partial charge is 0.485 e. The lowest BCUT2D eigenvalue weighted by atomic mass is 9.94. The number of halogens is 1. The Labute approximate surface area is 131 Å². The molecule has 0 saturated carbocycles. The number of rotatable bonds is 2. The molecule has 1 aliphatic rings. The molecular formula is C16H16BrNOS. The van der Waals surface area contributed by atoms with Crippen molar-refractivity contribution in [3.8, 4) is 5.75 Å². The van der Waals surface area contributed by atoms with E-state index in [1.165, 1.54) is 10.5 Å². The molecule has 2 atom stereocenters. The predicted octanol–water partition coefficient (Wildman–Crippen LogP) is 4.69. The monoisotopic (exact) mass is 349 g/mol. The first-order valence-corrected chi connectivity index (χ1v) is 8.55. The summed E-state index contributed by atoms with van der Waals surface area (Å²) in [5.41, 5.74) is 8.56. The molecule has 0 aromatic heterocycles. The number of fused-ring (bicyclic) bond motifs is 1. The van der Waals surface area contributed by atoms with Gasteiger partial charge in [0.1, 0.15) is 11.9 Å². The van der Waals surface area contributed by atoms with Crippen molar-refractivity contribution in [2.45, 2.75) is 23.5 Å². The van der Waals surface area contributed by atoms with Crippen molar-refractivity contribution in [3.05, 3.63) is 58.1 Å². The molecule has 0 bridgehead atoms. The van der Waals surface area contributed by atoms with Gasteiger partial charge in [0, 0.05) is 27.4 Å². The van der Waals surface area contributed by atoms with Gasteiger partial charge < -0.3 is 10.5 Å². The summed E-state index contributed by atoms with van der Waals surface area (Å²) in [6.45, 7) is 0. The lowest BCUT2D eigenvalue weighted by molar-refractivity contribution is 0.161. The Morgan fingerprint density at radius 3 is 2.65 bits per heavy atom. The van der Waals surface area contributed by atoms with E-state index in [0.29, 0.717) is 0 Å². The third-order valence-corrected chi connectivity index (χ3v) is 4.83. The molecule has 3 rings (SSSR count). The highest BCUT2D eigenvalue weighted by Crippen LogP contribution is 2.40. The smallest absolute Gasteiger partial charge is 0.126 e. The summed E-state index contributed by atoms with van der Waals surface area (Å²) >= 11 is 5.22. The molecule has 0 amide bonds. The zero-order chi connectivity index (χ0) is 14.1. The Kier molecular flexibility index (Phi) is 4.06. The molecule has 1 unspecified atom stereocenters. The van der Waals surface area contributed by atoms with Crippen LogP contribution in [0.25, 0.3) is 0 Å².